The number of hydrogen-bond donors (Lipinski definition) is 23. The van der Waals surface area contributed by atoms with E-state index in [0.717, 1.165) is 64.1 Å². The summed E-state index contributed by atoms with van der Waals surface area (Å²) in [4.78, 5) is 178. The van der Waals surface area contributed by atoms with Crippen LogP contribution in [0.1, 0.15) is 137 Å². The number of phenolic OH excluding ortho intramolecular Hbond substituents is 11. The van der Waals surface area contributed by atoms with Gasteiger partial charge in [0, 0.05) is 50.2 Å². The Bertz CT molecular complexity index is 7570. The number of halogens is 4. The van der Waals surface area contributed by atoms with Crippen molar-refractivity contribution in [2.45, 2.75) is 0 Å². The number of para-hydroxylation sites is 4. The second kappa shape index (κ2) is 39.7. The number of nitrogens with two attached hydrogens (primary N) is 4. The lowest BCUT2D eigenvalue weighted by molar-refractivity contribution is -0.124. The molecular formula is C98H62Cl4N8O31. The highest BCUT2D eigenvalue weighted by Gasteiger charge is 2.41. The molecule has 0 bridgehead atoms. The lowest BCUT2D eigenvalue weighted by Crippen LogP contribution is -2.23. The van der Waals surface area contributed by atoms with E-state index in [1.54, 1.807) is 84.9 Å². The fraction of sp³-hybridized carbons (Fsp3) is 0. The van der Waals surface area contributed by atoms with Crippen LogP contribution < -0.4 is 22.9 Å². The van der Waals surface area contributed by atoms with Crippen LogP contribution in [0.5, 0.6) is 63.2 Å². The molecule has 141 heavy (non-hydrogen) atoms. The fourth-order valence-electron chi connectivity index (χ4n) is 14.4. The number of carbonyl (C=O) groups excluding carboxylic acids is 14. The molecule has 708 valence electrons. The number of nitrogens with one attached hydrogen (secondary N) is 2. The number of H-pyrrole nitrogens is 2. The maximum atomic E-state index is 12.6. The summed E-state index contributed by atoms with van der Waals surface area (Å²) in [5.41, 5.74) is 26.8. The van der Waals surface area contributed by atoms with Gasteiger partial charge in [0.15, 0.2) is 92.5 Å². The average Bonchev–Trinajstić information content (AvgIpc) is 1.07. The molecule has 27 N–H and O–H groups in total. The molecule has 0 spiro atoms. The van der Waals surface area contributed by atoms with Gasteiger partial charge in [0.2, 0.25) is 34.6 Å². The number of phenols is 11. The number of Topliss-reactive ketones (excluding diaryl/α,β-unsaturated/α-hetero) is 4. The number of allylic oxidation sites excluding steroid dienone is 6. The number of aliphatic hydroxyl groups is 6. The highest BCUT2D eigenvalue weighted by atomic mass is 35.5. The number of aliphatic hydroxyl groups excluding tert-OH is 6. The van der Waals surface area contributed by atoms with Crippen molar-refractivity contribution in [3.05, 3.63) is 356 Å². The predicted octanol–water partition coefficient (Wildman–Crippen LogP) is 13.9. The van der Waals surface area contributed by atoms with Crippen molar-refractivity contribution in [1.29, 1.82) is 0 Å². The largest absolute Gasteiger partial charge is 0.507 e. The van der Waals surface area contributed by atoms with Gasteiger partial charge in [-0.1, -0.05) is 168 Å². The number of rotatable bonds is 1. The topological polar surface area (TPSA) is 744 Å². The molecule has 2 aromatic heterocycles. The summed E-state index contributed by atoms with van der Waals surface area (Å²) in [6.45, 7) is 0. The zero-order chi connectivity index (χ0) is 103. The van der Waals surface area contributed by atoms with Crippen LogP contribution in [0, 0.1) is 0 Å². The summed E-state index contributed by atoms with van der Waals surface area (Å²) in [6, 6.07) is 50.1. The Balaban J connectivity index is 0.000000135. The van der Waals surface area contributed by atoms with Crippen molar-refractivity contribution in [2.24, 2.45) is 0 Å². The van der Waals surface area contributed by atoms with Crippen molar-refractivity contribution in [2.75, 3.05) is 22.9 Å². The molecule has 0 unspecified atom stereocenters. The molecular weight excluding hydrogens is 1930 g/mol. The van der Waals surface area contributed by atoms with Gasteiger partial charge >= 0.3 is 0 Å². The normalized spacial score (nSPS) is 13.9. The molecule has 7 aliphatic carbocycles. The molecule has 0 saturated carbocycles. The Hall–Kier alpha value is -19.4. The van der Waals surface area contributed by atoms with Crippen molar-refractivity contribution in [3.8, 4) is 74.9 Å². The van der Waals surface area contributed by atoms with Crippen LogP contribution in [0.4, 0.5) is 22.7 Å². The Morgan fingerprint density at radius 3 is 0.773 bits per heavy atom. The van der Waals surface area contributed by atoms with E-state index < -0.39 is 154 Å². The maximum absolute atomic E-state index is 12.6. The highest BCUT2D eigenvalue weighted by Crippen LogP contribution is 2.49. The first-order valence-corrected chi connectivity index (χ1v) is 41.3. The highest BCUT2D eigenvalue weighted by molar-refractivity contribution is 6.55. The van der Waals surface area contributed by atoms with Crippen LogP contribution in [0.25, 0.3) is 44.5 Å². The second-order valence-corrected chi connectivity index (χ2v) is 31.4. The van der Waals surface area contributed by atoms with Crippen molar-refractivity contribution in [3.63, 3.8) is 0 Å². The summed E-state index contributed by atoms with van der Waals surface area (Å²) in [7, 11) is 0. The number of ketones is 14. The monoisotopic (exact) mass is 1990 g/mol. The molecule has 0 radical (unpaired) electrons. The average molecular weight is 1990 g/mol. The minimum Gasteiger partial charge on any atom is -0.507 e. The summed E-state index contributed by atoms with van der Waals surface area (Å²) in [5, 5.41) is 158. The second-order valence-electron chi connectivity index (χ2n) is 29.9. The number of benzene rings is 12. The SMILES string of the molecule is Nc1cc(N)c(N)cc1N.O=C1C(O)=C(Cl)C(=O)C(O)=C1Cl.O=C1C(O)=C(O)C(=O)C(O)=C1O.O=C1C=CC(=O)c2c(O)c(Cl)c(Cl)c(O)c21.O=C1C=CC(=O)c2c(O)ccc(O)c21.O=C1c2ccccc2C(=O)c2c(O)c(O)cc(O)c21.O=C1c2ccccc2C(=O)c2c(O)ccc(O)c21.O=C1c2ccccc2C(=O)c2c1c(O)c1ccccc1c2O.c1ccc2[nH]c(-c3nc4ccccc4[nH]3)nc2c1. The van der Waals surface area contributed by atoms with Gasteiger partial charge in [0.1, 0.15) is 71.9 Å². The number of carbonyl (C=O) groups is 14. The Labute approximate surface area is 806 Å². The number of hydrogen-bond acceptors (Lipinski definition) is 37. The number of anilines is 4. The third-order valence-corrected chi connectivity index (χ3v) is 22.8. The predicted molar refractivity (Wildman–Crippen MR) is 504 cm³/mol. The first-order chi connectivity index (χ1) is 66.7. The summed E-state index contributed by atoms with van der Waals surface area (Å²) in [5.74, 6) is -20.2. The van der Waals surface area contributed by atoms with Crippen LogP contribution in [0.15, 0.2) is 257 Å². The number of imidazole rings is 2. The third-order valence-electron chi connectivity index (χ3n) is 21.3. The van der Waals surface area contributed by atoms with E-state index in [9.17, 15) is 123 Å². The van der Waals surface area contributed by atoms with Gasteiger partial charge in [-0.3, -0.25) is 67.1 Å². The van der Waals surface area contributed by atoms with Crippen LogP contribution in [-0.4, -0.2) is 188 Å². The molecule has 14 aromatic rings. The minimum absolute atomic E-state index is 0.125. The number of aromatic amines is 2. The van der Waals surface area contributed by atoms with Crippen molar-refractivity contribution >= 4 is 183 Å². The fourth-order valence-corrected chi connectivity index (χ4v) is 15.1. The van der Waals surface area contributed by atoms with E-state index in [1.807, 2.05) is 48.5 Å². The zero-order valence-electron chi connectivity index (χ0n) is 70.7. The van der Waals surface area contributed by atoms with Crippen LogP contribution in [0.2, 0.25) is 10.0 Å². The summed E-state index contributed by atoms with van der Waals surface area (Å²) >= 11 is 21.6. The van der Waals surface area contributed by atoms with Gasteiger partial charge in [0.05, 0.1) is 100 Å². The number of nitrogens with zero attached hydrogens (tertiary/aromatic N) is 2. The summed E-state index contributed by atoms with van der Waals surface area (Å²) in [6.07, 6.45) is 4.13. The van der Waals surface area contributed by atoms with Crippen molar-refractivity contribution in [1.82, 2.24) is 19.9 Å². The minimum atomic E-state index is -1.38. The van der Waals surface area contributed by atoms with E-state index in [0.29, 0.717) is 33.5 Å². The maximum Gasteiger partial charge on any atom is 0.269 e. The Morgan fingerprint density at radius 2 is 0.475 bits per heavy atom. The first-order valence-electron chi connectivity index (χ1n) is 39.8. The van der Waals surface area contributed by atoms with Gasteiger partial charge in [-0.25, -0.2) is 9.97 Å². The third kappa shape index (κ3) is 18.5. The molecule has 43 heteroatoms. The number of aromatic nitrogens is 4. The van der Waals surface area contributed by atoms with Gasteiger partial charge < -0.3 is 120 Å². The molecule has 0 atom stereocenters. The van der Waals surface area contributed by atoms with E-state index in [4.69, 9.17) is 100.0 Å². The van der Waals surface area contributed by atoms with Crippen molar-refractivity contribution < 1.29 is 154 Å². The van der Waals surface area contributed by atoms with Gasteiger partial charge in [-0.2, -0.15) is 0 Å². The number of aromatic hydroxyl groups is 11. The number of fused-ring (bicyclic) bond motifs is 11. The number of nitrogen functional groups attached to an aromatic ring is 4. The van der Waals surface area contributed by atoms with Crippen LogP contribution >= 0.6 is 46.4 Å². The molecule has 2 heterocycles. The van der Waals surface area contributed by atoms with E-state index >= 15 is 0 Å². The van der Waals surface area contributed by atoms with E-state index in [2.05, 4.69) is 19.9 Å². The van der Waals surface area contributed by atoms with E-state index in [1.165, 1.54) is 48.5 Å². The molecule has 0 amide bonds. The molecule has 21 rings (SSSR count). The lowest BCUT2D eigenvalue weighted by Gasteiger charge is -2.20. The van der Waals surface area contributed by atoms with Crippen LogP contribution in [0.3, 0.4) is 0 Å². The quantitative estimate of drug-likeness (QED) is 0.0314. The van der Waals surface area contributed by atoms with Crippen LogP contribution in [-0.2, 0) is 19.2 Å². The molecule has 12 aromatic carbocycles. The molecule has 0 fully saturated rings. The zero-order valence-corrected chi connectivity index (χ0v) is 73.8. The molecule has 0 saturated heterocycles. The lowest BCUT2D eigenvalue weighted by atomic mass is 9.81. The Morgan fingerprint density at radius 1 is 0.227 bits per heavy atom. The summed E-state index contributed by atoms with van der Waals surface area (Å²) < 4.78 is 0. The molecule has 0 aliphatic heterocycles. The standard InChI is InChI=1S/C18H10O4.C14H10N4.C14H8O5.C14H8O4.C10H4Cl2O4.C10H6O4.C6H2Cl2O4.C6H10N4.C6H4O6/c19-15-9-5-1-2-6-10(9)16(20)14-13(15)17(21)11-7-3-4-8-12(11)18(14)22;1-2-6-10-9(5-1)15-13(16-10)14-17-11-7-3-4-8-12(11)18-14;15-8-5-9(16)14(19)11-10(8)12(17)6-3-1-2-4-7(6)13(11)18;15-9-5-6-10(16)12-11(9)13(17)7-3-1-2-4-8(7)14(12)18;11-7-8(12)10(16)6-4(14)2-1-3(13)5(6)9(7)15;11-5-1-2-6(12)10-8(14)4-3-7(13)9(5)10;7-1-3(9)5(11)2(8)6(12)4(1)10;7-3-1-4(8)6(10)2-5(3)9;7-1-2(8)4(10)6(12)5(11)3(1)9/h1-8,19-20H;1-8H,(H,15,16)(H,17,18);1-5,15-16,19H;1-6,15-16H;1-2,15-16H;1-4,11-12H;9,12H;1-2H,7-10H2;7-8,11-12H. The van der Waals surface area contributed by atoms with Gasteiger partial charge in [0.25, 0.3) is 11.6 Å². The smallest absolute Gasteiger partial charge is 0.269 e. The molecule has 39 nitrogen and oxygen atoms in total. The van der Waals surface area contributed by atoms with Gasteiger partial charge in [-0.05, 0) is 85.0 Å². The molecule has 7 aliphatic rings. The first kappa shape index (κ1) is 99.1. The Kier molecular flexibility index (Phi) is 27.9. The van der Waals surface area contributed by atoms with E-state index in [-0.39, 0.29) is 134 Å². The van der Waals surface area contributed by atoms with Gasteiger partial charge in [-0.15, -0.1) is 0 Å².